The SMILES string of the molecule is CCc1cccc2c1C(c1ccccc1)[N-]CC2.OCNCC1(O)CCCCC1.[Y]. The van der Waals surface area contributed by atoms with E-state index in [1.807, 2.05) is 0 Å². The van der Waals surface area contributed by atoms with Crippen LogP contribution in [0.4, 0.5) is 0 Å². The van der Waals surface area contributed by atoms with Gasteiger partial charge in [0.25, 0.3) is 0 Å². The molecule has 5 heteroatoms. The average Bonchev–Trinajstić information content (AvgIpc) is 2.78. The Bertz CT molecular complexity index is 734. The maximum absolute atomic E-state index is 9.83. The molecule has 1 aliphatic heterocycles. The average molecular weight is 484 g/mol. The second-order valence-electron chi connectivity index (χ2n) is 8.18. The van der Waals surface area contributed by atoms with Gasteiger partial charge in [0.1, 0.15) is 0 Å². The number of aliphatic hydroxyl groups is 2. The van der Waals surface area contributed by atoms with E-state index < -0.39 is 5.60 Å². The minimum atomic E-state index is -0.541. The van der Waals surface area contributed by atoms with E-state index in [4.69, 9.17) is 10.4 Å². The summed E-state index contributed by atoms with van der Waals surface area (Å²) < 4.78 is 0. The van der Waals surface area contributed by atoms with Crippen LogP contribution in [0.25, 0.3) is 5.32 Å². The fourth-order valence-electron chi connectivity index (χ4n) is 4.53. The Kier molecular flexibility index (Phi) is 11.2. The molecule has 2 aliphatic rings. The van der Waals surface area contributed by atoms with Crippen molar-refractivity contribution in [2.45, 2.75) is 63.5 Å². The Balaban J connectivity index is 0.000000232. The number of hydrogen-bond acceptors (Lipinski definition) is 3. The molecule has 1 heterocycles. The number of hydrogen-bond donors (Lipinski definition) is 3. The van der Waals surface area contributed by atoms with Crippen molar-refractivity contribution in [2.75, 3.05) is 19.8 Å². The predicted molar refractivity (Wildman–Crippen MR) is 119 cm³/mol. The van der Waals surface area contributed by atoms with Gasteiger partial charge in [-0.3, -0.25) is 5.32 Å². The Labute approximate surface area is 206 Å². The summed E-state index contributed by atoms with van der Waals surface area (Å²) in [6.45, 7) is 3.66. The first-order valence-electron chi connectivity index (χ1n) is 11.0. The summed E-state index contributed by atoms with van der Waals surface area (Å²) in [4.78, 5) is 0. The number of aliphatic hydroxyl groups excluding tert-OH is 1. The molecule has 1 atom stereocenters. The van der Waals surface area contributed by atoms with Crippen LogP contribution in [0.1, 0.15) is 67.3 Å². The molecule has 1 radical (unpaired) electrons. The molecule has 2 aromatic carbocycles. The second-order valence-corrected chi connectivity index (χ2v) is 8.18. The van der Waals surface area contributed by atoms with Gasteiger partial charge in [-0.05, 0) is 36.8 Å². The van der Waals surface area contributed by atoms with E-state index in [1.165, 1.54) is 28.7 Å². The zero-order valence-electron chi connectivity index (χ0n) is 18.2. The van der Waals surface area contributed by atoms with Crippen LogP contribution in [0, 0.1) is 0 Å². The molecule has 1 saturated carbocycles. The number of nitrogens with one attached hydrogen (secondary N) is 1. The first-order chi connectivity index (χ1) is 14.2. The van der Waals surface area contributed by atoms with Crippen LogP contribution in [0.5, 0.6) is 0 Å². The van der Waals surface area contributed by atoms with E-state index in [0.29, 0.717) is 6.54 Å². The molecule has 1 aliphatic carbocycles. The molecule has 2 aromatic rings. The Hall–Kier alpha value is -0.616. The van der Waals surface area contributed by atoms with Gasteiger partial charge in [-0.15, -0.1) is 6.54 Å². The Morgan fingerprint density at radius 1 is 1.03 bits per heavy atom. The number of fused-ring (bicyclic) bond motifs is 1. The largest absolute Gasteiger partial charge is 0.652 e. The van der Waals surface area contributed by atoms with Gasteiger partial charge in [-0.1, -0.05) is 91.9 Å². The number of nitrogens with zero attached hydrogens (tertiary/aromatic N) is 1. The van der Waals surface area contributed by atoms with E-state index in [1.54, 1.807) is 0 Å². The van der Waals surface area contributed by atoms with Gasteiger partial charge in [0.2, 0.25) is 0 Å². The van der Waals surface area contributed by atoms with Crippen LogP contribution in [-0.4, -0.2) is 35.6 Å². The predicted octanol–water partition coefficient (Wildman–Crippen LogP) is 4.49. The van der Waals surface area contributed by atoms with Gasteiger partial charge >= 0.3 is 0 Å². The van der Waals surface area contributed by atoms with Crippen LogP contribution < -0.4 is 5.32 Å². The summed E-state index contributed by atoms with van der Waals surface area (Å²) in [5.41, 5.74) is 5.17. The molecule has 0 bridgehead atoms. The van der Waals surface area contributed by atoms with Crippen LogP contribution in [-0.2, 0) is 45.6 Å². The van der Waals surface area contributed by atoms with E-state index >= 15 is 0 Å². The molecular formula is C25H35N2O2Y-. The first-order valence-corrected chi connectivity index (χ1v) is 11.0. The van der Waals surface area contributed by atoms with Gasteiger partial charge in [0.15, 0.2) is 0 Å². The van der Waals surface area contributed by atoms with E-state index in [0.717, 1.165) is 45.1 Å². The smallest absolute Gasteiger partial charge is 0.0932 e. The quantitative estimate of drug-likeness (QED) is 0.548. The van der Waals surface area contributed by atoms with Crippen LogP contribution in [0.15, 0.2) is 48.5 Å². The third-order valence-corrected chi connectivity index (χ3v) is 6.10. The van der Waals surface area contributed by atoms with Crippen molar-refractivity contribution >= 4 is 0 Å². The molecular weight excluding hydrogens is 449 g/mol. The van der Waals surface area contributed by atoms with E-state index in [2.05, 4.69) is 60.8 Å². The zero-order valence-corrected chi connectivity index (χ0v) is 21.0. The van der Waals surface area contributed by atoms with Crippen LogP contribution in [0.2, 0.25) is 0 Å². The molecule has 0 aromatic heterocycles. The van der Waals surface area contributed by atoms with Crippen LogP contribution >= 0.6 is 0 Å². The van der Waals surface area contributed by atoms with Crippen molar-refractivity contribution in [1.82, 2.24) is 5.32 Å². The summed E-state index contributed by atoms with van der Waals surface area (Å²) in [5.74, 6) is 0. The van der Waals surface area contributed by atoms with Crippen molar-refractivity contribution in [3.05, 3.63) is 76.1 Å². The van der Waals surface area contributed by atoms with Gasteiger partial charge in [-0.2, -0.15) is 0 Å². The fraction of sp³-hybridized carbons (Fsp3) is 0.520. The van der Waals surface area contributed by atoms with Crippen molar-refractivity contribution in [3.8, 4) is 0 Å². The van der Waals surface area contributed by atoms with Crippen molar-refractivity contribution < 1.29 is 42.9 Å². The Morgan fingerprint density at radius 2 is 1.77 bits per heavy atom. The van der Waals surface area contributed by atoms with Crippen molar-refractivity contribution in [2.24, 2.45) is 0 Å². The summed E-state index contributed by atoms with van der Waals surface area (Å²) in [7, 11) is 0. The van der Waals surface area contributed by atoms with Gasteiger partial charge < -0.3 is 15.5 Å². The molecule has 1 unspecified atom stereocenters. The van der Waals surface area contributed by atoms with Crippen LogP contribution in [0.3, 0.4) is 0 Å². The van der Waals surface area contributed by atoms with E-state index in [9.17, 15) is 5.11 Å². The standard InChI is InChI=1S/C17H18N.C8H17NO2.Y/c1-2-13-9-6-10-14-11-12-18-17(16(13)14)15-7-4-3-5-8-15;10-7-9-6-8(11)4-2-1-3-5-8;/h3-10,17H,2,11-12H2,1H3;9-11H,1-7H2;/q-1;;. The second kappa shape index (κ2) is 13.1. The van der Waals surface area contributed by atoms with Crippen molar-refractivity contribution in [3.63, 3.8) is 0 Å². The van der Waals surface area contributed by atoms with Crippen molar-refractivity contribution in [1.29, 1.82) is 0 Å². The topological polar surface area (TPSA) is 66.6 Å². The molecule has 0 spiro atoms. The minimum absolute atomic E-state index is 0. The summed E-state index contributed by atoms with van der Waals surface area (Å²) in [6, 6.07) is 17.6. The number of rotatable bonds is 5. The fourth-order valence-corrected chi connectivity index (χ4v) is 4.53. The maximum atomic E-state index is 9.83. The maximum Gasteiger partial charge on any atom is 0.0932 e. The normalized spacial score (nSPS) is 19.6. The molecule has 3 N–H and O–H groups in total. The van der Waals surface area contributed by atoms with Gasteiger partial charge in [-0.25, -0.2) is 0 Å². The summed E-state index contributed by atoms with van der Waals surface area (Å²) in [5, 5.41) is 25.9. The molecule has 161 valence electrons. The molecule has 4 nitrogen and oxygen atoms in total. The molecule has 4 rings (SSSR count). The molecule has 1 fully saturated rings. The summed E-state index contributed by atoms with van der Waals surface area (Å²) in [6.07, 6.45) is 7.39. The molecule has 30 heavy (non-hydrogen) atoms. The van der Waals surface area contributed by atoms with Gasteiger partial charge in [0.05, 0.1) is 12.3 Å². The minimum Gasteiger partial charge on any atom is -0.652 e. The number of benzene rings is 2. The number of aryl methyl sites for hydroxylation is 1. The molecule has 0 saturated heterocycles. The third-order valence-electron chi connectivity index (χ3n) is 6.10. The summed E-state index contributed by atoms with van der Waals surface area (Å²) >= 11 is 0. The first kappa shape index (κ1) is 25.6. The molecule has 0 amide bonds. The van der Waals surface area contributed by atoms with Gasteiger partial charge in [0, 0.05) is 39.3 Å². The monoisotopic (exact) mass is 484 g/mol. The van der Waals surface area contributed by atoms with E-state index in [-0.39, 0.29) is 45.5 Å². The Morgan fingerprint density at radius 3 is 2.43 bits per heavy atom. The zero-order chi connectivity index (χ0) is 20.5. The third kappa shape index (κ3) is 6.95.